The number of hydrogen-bond acceptors (Lipinski definition) is 8. The van der Waals surface area contributed by atoms with Gasteiger partial charge >= 0.3 is 23.9 Å². The van der Waals surface area contributed by atoms with Crippen molar-refractivity contribution in [2.45, 2.75) is 40.0 Å². The van der Waals surface area contributed by atoms with Gasteiger partial charge in [0.1, 0.15) is 40.2 Å². The summed E-state index contributed by atoms with van der Waals surface area (Å²) in [6, 6.07) is 26.4. The Labute approximate surface area is 366 Å². The van der Waals surface area contributed by atoms with E-state index in [4.69, 9.17) is 19.3 Å². The minimum atomic E-state index is -0.981. The first kappa shape index (κ1) is 48.8. The molecule has 7 rings (SSSR count). The fourth-order valence-electron chi connectivity index (χ4n) is 5.65. The zero-order valence-electron chi connectivity index (χ0n) is 35.2. The van der Waals surface area contributed by atoms with Crippen LogP contribution in [0, 0.1) is 17.5 Å². The molecule has 4 aromatic heterocycles. The van der Waals surface area contributed by atoms with Gasteiger partial charge in [-0.2, -0.15) is 0 Å². The molecule has 4 heterocycles. The van der Waals surface area contributed by atoms with Crippen LogP contribution in [0.3, 0.4) is 0 Å². The van der Waals surface area contributed by atoms with Crippen LogP contribution in [0.1, 0.15) is 101 Å². The monoisotopic (exact) mass is 880 g/mol. The number of nitrogens with one attached hydrogen (secondary N) is 4. The van der Waals surface area contributed by atoms with Crippen molar-refractivity contribution < 1.29 is 56.5 Å². The third-order valence-electron chi connectivity index (χ3n) is 8.73. The number of aromatic carboxylic acids is 1. The molecule has 0 bridgehead atoms. The average Bonchev–Trinajstić information content (AvgIpc) is 4.13. The molecule has 0 atom stereocenters. The molecule has 0 saturated carbocycles. The normalized spacial score (nSPS) is 10.2. The van der Waals surface area contributed by atoms with Crippen molar-refractivity contribution in [3.8, 4) is 0 Å². The molecule has 0 aliphatic heterocycles. The van der Waals surface area contributed by atoms with Crippen molar-refractivity contribution in [2.75, 3.05) is 19.8 Å². The quantitative estimate of drug-likeness (QED) is 0.0402. The molecule has 334 valence electrons. The molecule has 7 aromatic rings. The lowest BCUT2D eigenvalue weighted by Crippen LogP contribution is -2.05. The van der Waals surface area contributed by atoms with E-state index in [0.717, 1.165) is 27.8 Å². The molecule has 13 nitrogen and oxygen atoms in total. The number of H-pyrrole nitrogens is 4. The van der Waals surface area contributed by atoms with E-state index in [1.54, 1.807) is 100 Å². The number of carbonyl (C=O) groups is 5. The number of carboxylic acid groups (broad SMARTS) is 1. The Bertz CT molecular complexity index is 2540. The molecule has 0 amide bonds. The van der Waals surface area contributed by atoms with Crippen LogP contribution in [-0.2, 0) is 33.5 Å². The van der Waals surface area contributed by atoms with Gasteiger partial charge in [0.15, 0.2) is 5.78 Å². The number of halogens is 3. The second-order valence-corrected chi connectivity index (χ2v) is 13.5. The minimum absolute atomic E-state index is 0.150. The van der Waals surface area contributed by atoms with Gasteiger partial charge in [-0.3, -0.25) is 4.79 Å². The molecule has 0 radical (unpaired) electrons. The Morgan fingerprint density at radius 2 is 0.891 bits per heavy atom. The third kappa shape index (κ3) is 16.2. The second kappa shape index (κ2) is 25.2. The standard InChI is InChI=1S/C15H14FNO3.C14H14FNO2.C12H10FNO2.C7H9NO2/c1-2-20-15(19)13-8-11(9-17-13)14(18)7-10-3-5-12(16)6-4-10;1-2-18-14(17)13-8-11(9-16-13)7-10-3-5-12(15)6-4-10;13-10-3-1-8(2-4-10)5-9-6-11(12(15)16)14-7-9;1-2-10-7(9)6-4-3-5-8-6/h3-6,8-9,17H,2,7H2,1H3;3-6,8-9,16H,2,7H2,1H3;1-4,6-7,14H,5H2,(H,15,16);3-5,8H,2H2,1H3. The summed E-state index contributed by atoms with van der Waals surface area (Å²) in [5.41, 5.74) is 6.23. The first-order valence-electron chi connectivity index (χ1n) is 20.0. The van der Waals surface area contributed by atoms with Crippen molar-refractivity contribution >= 4 is 29.7 Å². The number of rotatable bonds is 14. The molecule has 5 N–H and O–H groups in total. The first-order chi connectivity index (χ1) is 30.8. The van der Waals surface area contributed by atoms with Gasteiger partial charge in [-0.25, -0.2) is 32.3 Å². The predicted octanol–water partition coefficient (Wildman–Crippen LogP) is 9.31. The Balaban J connectivity index is 0.000000192. The van der Waals surface area contributed by atoms with Crippen LogP contribution in [0.25, 0.3) is 0 Å². The topological polar surface area (TPSA) is 196 Å². The van der Waals surface area contributed by atoms with Gasteiger partial charge in [-0.05, 0) is 128 Å². The van der Waals surface area contributed by atoms with Crippen LogP contribution in [0.4, 0.5) is 13.2 Å². The van der Waals surface area contributed by atoms with Crippen LogP contribution < -0.4 is 0 Å². The maximum Gasteiger partial charge on any atom is 0.354 e. The first-order valence-corrected chi connectivity index (χ1v) is 20.0. The highest BCUT2D eigenvalue weighted by Crippen LogP contribution is 2.15. The summed E-state index contributed by atoms with van der Waals surface area (Å²) in [5, 5.41) is 8.72. The number of aromatic amines is 4. The molecule has 0 unspecified atom stereocenters. The molecule has 0 spiro atoms. The van der Waals surface area contributed by atoms with E-state index in [-0.39, 0.29) is 59.6 Å². The number of carboxylic acids is 1. The van der Waals surface area contributed by atoms with E-state index in [1.165, 1.54) is 48.7 Å². The van der Waals surface area contributed by atoms with Gasteiger partial charge in [0, 0.05) is 36.8 Å². The summed E-state index contributed by atoms with van der Waals surface area (Å²) in [6.07, 6.45) is 7.95. The Morgan fingerprint density at radius 1 is 0.484 bits per heavy atom. The second-order valence-electron chi connectivity index (χ2n) is 13.5. The van der Waals surface area contributed by atoms with Crippen LogP contribution in [0.5, 0.6) is 0 Å². The van der Waals surface area contributed by atoms with Gasteiger partial charge < -0.3 is 39.3 Å². The highest BCUT2D eigenvalue weighted by atomic mass is 19.1. The molecule has 64 heavy (non-hydrogen) atoms. The van der Waals surface area contributed by atoms with E-state index in [0.29, 0.717) is 43.0 Å². The Morgan fingerprint density at radius 3 is 1.31 bits per heavy atom. The summed E-state index contributed by atoms with van der Waals surface area (Å²) < 4.78 is 52.6. The lowest BCUT2D eigenvalue weighted by molar-refractivity contribution is 0.0511. The third-order valence-corrected chi connectivity index (χ3v) is 8.73. The molecule has 0 saturated heterocycles. The van der Waals surface area contributed by atoms with Crippen molar-refractivity contribution in [2.24, 2.45) is 0 Å². The van der Waals surface area contributed by atoms with Gasteiger partial charge in [0.05, 0.1) is 19.8 Å². The lowest BCUT2D eigenvalue weighted by Gasteiger charge is -1.99. The van der Waals surface area contributed by atoms with E-state index < -0.39 is 11.9 Å². The molecular weight excluding hydrogens is 834 g/mol. The van der Waals surface area contributed by atoms with E-state index in [9.17, 15) is 37.1 Å². The predicted molar refractivity (Wildman–Crippen MR) is 231 cm³/mol. The number of aromatic nitrogens is 4. The number of ether oxygens (including phenoxy) is 3. The number of Topliss-reactive ketones (excluding diaryl/α,β-unsaturated/α-hetero) is 1. The number of hydrogen-bond donors (Lipinski definition) is 5. The maximum atomic E-state index is 12.8. The molecule has 0 aliphatic rings. The summed E-state index contributed by atoms with van der Waals surface area (Å²) in [7, 11) is 0. The highest BCUT2D eigenvalue weighted by Gasteiger charge is 2.15. The van der Waals surface area contributed by atoms with Crippen LogP contribution in [-0.4, -0.2) is 74.5 Å². The summed E-state index contributed by atoms with van der Waals surface area (Å²) in [6.45, 7) is 6.29. The van der Waals surface area contributed by atoms with E-state index in [2.05, 4.69) is 19.9 Å². The smallest absolute Gasteiger partial charge is 0.354 e. The number of benzene rings is 3. The zero-order valence-corrected chi connectivity index (χ0v) is 35.2. The molecule has 3 aromatic carbocycles. The molecule has 0 aliphatic carbocycles. The van der Waals surface area contributed by atoms with Crippen LogP contribution >= 0.6 is 0 Å². The molecule has 16 heteroatoms. The SMILES string of the molecule is CCOC(=O)c1cc(C(=O)Cc2ccc(F)cc2)c[nH]1.CCOC(=O)c1cc(Cc2ccc(F)cc2)c[nH]1.CCOC(=O)c1ccc[nH]1.O=C(O)c1cc(Cc2ccc(F)cc2)c[nH]1. The van der Waals surface area contributed by atoms with E-state index in [1.807, 2.05) is 0 Å². The van der Waals surface area contributed by atoms with E-state index >= 15 is 0 Å². The summed E-state index contributed by atoms with van der Waals surface area (Å²) in [5.74, 6) is -3.14. The summed E-state index contributed by atoms with van der Waals surface area (Å²) >= 11 is 0. The van der Waals surface area contributed by atoms with Gasteiger partial charge in [0.25, 0.3) is 0 Å². The van der Waals surface area contributed by atoms with Gasteiger partial charge in [-0.1, -0.05) is 36.4 Å². The zero-order chi connectivity index (χ0) is 46.4. The number of carbonyl (C=O) groups excluding carboxylic acids is 4. The van der Waals surface area contributed by atoms with Crippen LogP contribution in [0.2, 0.25) is 0 Å². The molecular formula is C48H47F3N4O9. The van der Waals surface area contributed by atoms with Gasteiger partial charge in [-0.15, -0.1) is 0 Å². The Kier molecular flexibility index (Phi) is 19.2. The van der Waals surface area contributed by atoms with Gasteiger partial charge in [0.2, 0.25) is 0 Å². The number of esters is 3. The summed E-state index contributed by atoms with van der Waals surface area (Å²) in [4.78, 5) is 67.4. The largest absolute Gasteiger partial charge is 0.477 e. The fraction of sp³-hybridized carbons (Fsp3) is 0.188. The van der Waals surface area contributed by atoms with Crippen molar-refractivity contribution in [1.82, 2.24) is 19.9 Å². The fourth-order valence-corrected chi connectivity index (χ4v) is 5.65. The average molecular weight is 881 g/mol. The van der Waals surface area contributed by atoms with Crippen molar-refractivity contribution in [1.29, 1.82) is 0 Å². The maximum absolute atomic E-state index is 12.8. The van der Waals surface area contributed by atoms with Crippen molar-refractivity contribution in [3.05, 3.63) is 202 Å². The Hall–Kier alpha value is -7.88. The highest BCUT2D eigenvalue weighted by molar-refractivity contribution is 6.00. The molecule has 0 fully saturated rings. The van der Waals surface area contributed by atoms with Crippen LogP contribution in [0.15, 0.2) is 128 Å². The lowest BCUT2D eigenvalue weighted by atomic mass is 10.1. The van der Waals surface area contributed by atoms with Crippen molar-refractivity contribution in [3.63, 3.8) is 0 Å². The number of ketones is 1. The minimum Gasteiger partial charge on any atom is -0.477 e.